The highest BCUT2D eigenvalue weighted by atomic mass is 32.1. The molecule has 0 bridgehead atoms. The first-order valence-corrected chi connectivity index (χ1v) is 7.67. The Morgan fingerprint density at radius 1 is 1.47 bits per heavy atom. The molecule has 1 aromatic rings. The maximum absolute atomic E-state index is 12.4. The number of thiazole rings is 1. The highest BCUT2D eigenvalue weighted by molar-refractivity contribution is 7.07. The van der Waals surface area contributed by atoms with Crippen LogP contribution in [0.4, 0.5) is 0 Å². The normalized spacial score (nSPS) is 26.9. The van der Waals surface area contributed by atoms with Crippen LogP contribution in [0.5, 0.6) is 0 Å². The van der Waals surface area contributed by atoms with Crippen LogP contribution < -0.4 is 0 Å². The second-order valence-corrected chi connectivity index (χ2v) is 5.83. The molecule has 0 unspecified atom stereocenters. The zero-order valence-electron chi connectivity index (χ0n) is 11.1. The van der Waals surface area contributed by atoms with Gasteiger partial charge in [-0.05, 0) is 12.8 Å². The summed E-state index contributed by atoms with van der Waals surface area (Å²) in [5.41, 5.74) is 2.32. The van der Waals surface area contributed by atoms with Gasteiger partial charge in [-0.2, -0.15) is 0 Å². The Bertz CT molecular complexity index is 437. The number of carbonyl (C=O) groups excluding carboxylic acids is 1. The maximum atomic E-state index is 12.4. The fourth-order valence-corrected chi connectivity index (χ4v) is 3.80. The van der Waals surface area contributed by atoms with Crippen LogP contribution in [-0.4, -0.2) is 66.1 Å². The summed E-state index contributed by atoms with van der Waals surface area (Å²) >= 11 is 1.48. The fourth-order valence-electron chi connectivity index (χ4n) is 3.28. The van der Waals surface area contributed by atoms with Gasteiger partial charge in [0.05, 0.1) is 12.1 Å². The molecule has 19 heavy (non-hydrogen) atoms. The second kappa shape index (κ2) is 5.56. The highest BCUT2D eigenvalue weighted by Gasteiger charge is 2.44. The van der Waals surface area contributed by atoms with Crippen molar-refractivity contribution in [3.05, 3.63) is 16.6 Å². The predicted octanol–water partition coefficient (Wildman–Crippen LogP) is 1.08. The lowest BCUT2D eigenvalue weighted by molar-refractivity contribution is 0.0724. The van der Waals surface area contributed by atoms with Crippen molar-refractivity contribution in [2.75, 3.05) is 33.4 Å². The third-order valence-electron chi connectivity index (χ3n) is 4.19. The molecule has 2 fully saturated rings. The number of methoxy groups -OCH3 is 1. The Morgan fingerprint density at radius 2 is 2.32 bits per heavy atom. The van der Waals surface area contributed by atoms with Gasteiger partial charge in [0.1, 0.15) is 5.69 Å². The molecule has 0 N–H and O–H groups in total. The van der Waals surface area contributed by atoms with E-state index < -0.39 is 0 Å². The van der Waals surface area contributed by atoms with Crippen molar-refractivity contribution >= 4 is 17.2 Å². The van der Waals surface area contributed by atoms with E-state index in [0.717, 1.165) is 39.1 Å². The van der Waals surface area contributed by atoms with Crippen LogP contribution >= 0.6 is 11.3 Å². The van der Waals surface area contributed by atoms with Crippen LogP contribution in [0, 0.1) is 0 Å². The minimum atomic E-state index is 0.0994. The summed E-state index contributed by atoms with van der Waals surface area (Å²) in [6.07, 6.45) is 2.15. The largest absolute Gasteiger partial charge is 0.383 e. The summed E-state index contributed by atoms with van der Waals surface area (Å²) in [6, 6.07) is 0.879. The van der Waals surface area contributed by atoms with Crippen molar-refractivity contribution in [2.24, 2.45) is 0 Å². The number of hydrogen-bond acceptors (Lipinski definition) is 5. The average molecular weight is 281 g/mol. The lowest BCUT2D eigenvalue weighted by Crippen LogP contribution is -2.40. The van der Waals surface area contributed by atoms with E-state index in [1.165, 1.54) is 11.3 Å². The van der Waals surface area contributed by atoms with Crippen LogP contribution in [0.3, 0.4) is 0 Å². The maximum Gasteiger partial charge on any atom is 0.273 e. The minimum Gasteiger partial charge on any atom is -0.383 e. The molecule has 1 aromatic heterocycles. The second-order valence-electron chi connectivity index (χ2n) is 5.11. The smallest absolute Gasteiger partial charge is 0.273 e. The topological polar surface area (TPSA) is 45.7 Å². The molecule has 0 radical (unpaired) electrons. The Hall–Kier alpha value is -0.980. The number of aromatic nitrogens is 1. The number of likely N-dealkylation sites (tertiary alicyclic amines) is 2. The van der Waals surface area contributed by atoms with E-state index in [2.05, 4.69) is 9.88 Å². The van der Waals surface area contributed by atoms with Crippen molar-refractivity contribution in [2.45, 2.75) is 24.9 Å². The van der Waals surface area contributed by atoms with Gasteiger partial charge in [-0.3, -0.25) is 9.69 Å². The average Bonchev–Trinajstić information content (AvgIpc) is 3.13. The lowest BCUT2D eigenvalue weighted by Gasteiger charge is -2.25. The van der Waals surface area contributed by atoms with Gasteiger partial charge in [0.25, 0.3) is 5.91 Å². The van der Waals surface area contributed by atoms with Gasteiger partial charge in [0.2, 0.25) is 0 Å². The van der Waals surface area contributed by atoms with Crippen molar-refractivity contribution in [1.29, 1.82) is 0 Å². The number of amides is 1. The van der Waals surface area contributed by atoms with Gasteiger partial charge in [-0.15, -0.1) is 11.3 Å². The van der Waals surface area contributed by atoms with Gasteiger partial charge in [-0.1, -0.05) is 0 Å². The molecule has 1 amide bonds. The third-order valence-corrected chi connectivity index (χ3v) is 4.77. The molecule has 3 rings (SSSR count). The molecule has 5 nitrogen and oxygen atoms in total. The van der Waals surface area contributed by atoms with E-state index in [4.69, 9.17) is 4.74 Å². The van der Waals surface area contributed by atoms with E-state index in [0.29, 0.717) is 17.8 Å². The van der Waals surface area contributed by atoms with Crippen LogP contribution in [-0.2, 0) is 4.74 Å². The van der Waals surface area contributed by atoms with Crippen LogP contribution in [0.15, 0.2) is 10.9 Å². The Kier molecular flexibility index (Phi) is 3.81. The van der Waals surface area contributed by atoms with E-state index in [-0.39, 0.29) is 5.91 Å². The third kappa shape index (κ3) is 2.40. The van der Waals surface area contributed by atoms with Crippen molar-refractivity contribution < 1.29 is 9.53 Å². The zero-order valence-corrected chi connectivity index (χ0v) is 11.9. The molecule has 0 saturated carbocycles. The van der Waals surface area contributed by atoms with Crippen molar-refractivity contribution in [1.82, 2.24) is 14.8 Å². The Balaban J connectivity index is 1.66. The number of nitrogens with zero attached hydrogens (tertiary/aromatic N) is 3. The molecule has 0 aliphatic carbocycles. The first-order valence-electron chi connectivity index (χ1n) is 6.73. The lowest BCUT2D eigenvalue weighted by atomic mass is 10.1. The number of carbonyl (C=O) groups is 1. The summed E-state index contributed by atoms with van der Waals surface area (Å²) in [5.74, 6) is 0.0994. The molecular formula is C13H19N3O2S. The number of fused-ring (bicyclic) bond motifs is 1. The van der Waals surface area contributed by atoms with Crippen LogP contribution in [0.2, 0.25) is 0 Å². The standard InChI is InChI=1S/C13H19N3O2S/c1-18-7-6-15-4-2-12-11(15)3-5-16(12)13(17)10-8-19-9-14-10/h8-9,11-12H,2-7H2,1H3/t11-,12+/m0/s1. The fraction of sp³-hybridized carbons (Fsp3) is 0.692. The number of hydrogen-bond donors (Lipinski definition) is 0. The number of rotatable bonds is 4. The Morgan fingerprint density at radius 3 is 3.05 bits per heavy atom. The summed E-state index contributed by atoms with van der Waals surface area (Å²) in [5, 5.41) is 1.84. The SMILES string of the molecule is COCCN1CC[C@@H]2[C@@H]1CCN2C(=O)c1cscn1. The van der Waals surface area contributed by atoms with E-state index in [1.54, 1.807) is 12.6 Å². The first-order chi connectivity index (χ1) is 9.31. The van der Waals surface area contributed by atoms with Crippen LogP contribution in [0.25, 0.3) is 0 Å². The molecule has 6 heteroatoms. The zero-order chi connectivity index (χ0) is 13.2. The van der Waals surface area contributed by atoms with Crippen molar-refractivity contribution in [3.63, 3.8) is 0 Å². The predicted molar refractivity (Wildman–Crippen MR) is 73.4 cm³/mol. The van der Waals surface area contributed by atoms with Crippen molar-refractivity contribution in [3.8, 4) is 0 Å². The molecule has 2 saturated heterocycles. The molecule has 3 heterocycles. The number of ether oxygens (including phenoxy) is 1. The molecular weight excluding hydrogens is 262 g/mol. The summed E-state index contributed by atoms with van der Waals surface area (Å²) in [6.45, 7) is 3.66. The van der Waals surface area contributed by atoms with E-state index >= 15 is 0 Å². The molecule has 0 aromatic carbocycles. The molecule has 0 spiro atoms. The highest BCUT2D eigenvalue weighted by Crippen LogP contribution is 2.32. The quantitative estimate of drug-likeness (QED) is 0.828. The molecule has 2 aliphatic heterocycles. The van der Waals surface area contributed by atoms with Gasteiger partial charge in [-0.25, -0.2) is 4.98 Å². The molecule has 2 atom stereocenters. The van der Waals surface area contributed by atoms with Crippen LogP contribution in [0.1, 0.15) is 23.3 Å². The van der Waals surface area contributed by atoms with Gasteiger partial charge in [0, 0.05) is 44.2 Å². The van der Waals surface area contributed by atoms with E-state index in [1.807, 2.05) is 10.3 Å². The Labute approximate surface area is 117 Å². The summed E-state index contributed by atoms with van der Waals surface area (Å²) in [7, 11) is 1.74. The van der Waals surface area contributed by atoms with Gasteiger partial charge in [0.15, 0.2) is 0 Å². The molecule has 104 valence electrons. The minimum absolute atomic E-state index is 0.0994. The first kappa shape index (κ1) is 13.0. The van der Waals surface area contributed by atoms with E-state index in [9.17, 15) is 4.79 Å². The van der Waals surface area contributed by atoms with Gasteiger partial charge >= 0.3 is 0 Å². The summed E-state index contributed by atoms with van der Waals surface area (Å²) < 4.78 is 5.15. The monoisotopic (exact) mass is 281 g/mol. The molecule has 2 aliphatic rings. The summed E-state index contributed by atoms with van der Waals surface area (Å²) in [4.78, 5) is 21.0. The van der Waals surface area contributed by atoms with Gasteiger partial charge < -0.3 is 9.64 Å².